The Morgan fingerprint density at radius 3 is 2.57 bits per heavy atom. The molecule has 1 aromatic rings. The van der Waals surface area contributed by atoms with Gasteiger partial charge in [-0.2, -0.15) is 5.10 Å². The SMILES string of the molecule is C/C(=N/NC(=O)CC1(C)SCCS1)c1ccc(C)c(C)c1. The molecule has 0 radical (unpaired) electrons. The number of thioether (sulfide) groups is 2. The summed E-state index contributed by atoms with van der Waals surface area (Å²) in [6.45, 7) is 8.23. The molecule has 0 aliphatic carbocycles. The van der Waals surface area contributed by atoms with Crippen LogP contribution < -0.4 is 5.43 Å². The minimum atomic E-state index is -0.0115. The zero-order valence-electron chi connectivity index (χ0n) is 13.0. The van der Waals surface area contributed by atoms with Gasteiger partial charge in [0.1, 0.15) is 0 Å². The minimum absolute atomic E-state index is 0.00789. The highest BCUT2D eigenvalue weighted by atomic mass is 32.2. The molecule has 0 bridgehead atoms. The molecule has 0 saturated carbocycles. The molecule has 0 aromatic heterocycles. The second-order valence-electron chi connectivity index (χ2n) is 5.54. The average Bonchev–Trinajstić information content (AvgIpc) is 2.85. The molecule has 1 aromatic carbocycles. The van der Waals surface area contributed by atoms with Crippen LogP contribution >= 0.6 is 23.5 Å². The van der Waals surface area contributed by atoms with Crippen LogP contribution in [0.5, 0.6) is 0 Å². The molecular weight excluding hydrogens is 300 g/mol. The fourth-order valence-corrected chi connectivity index (χ4v) is 5.00. The Morgan fingerprint density at radius 2 is 1.95 bits per heavy atom. The van der Waals surface area contributed by atoms with Crippen molar-refractivity contribution in [2.45, 2.75) is 38.2 Å². The highest BCUT2D eigenvalue weighted by Gasteiger charge is 2.32. The Labute approximate surface area is 135 Å². The lowest BCUT2D eigenvalue weighted by molar-refractivity contribution is -0.121. The number of aryl methyl sites for hydroxylation is 2. The van der Waals surface area contributed by atoms with Gasteiger partial charge >= 0.3 is 0 Å². The summed E-state index contributed by atoms with van der Waals surface area (Å²) < 4.78 is 0.00789. The summed E-state index contributed by atoms with van der Waals surface area (Å²) in [4.78, 5) is 12.0. The van der Waals surface area contributed by atoms with E-state index in [1.54, 1.807) is 0 Å². The van der Waals surface area contributed by atoms with Crippen LogP contribution in [-0.2, 0) is 4.79 Å². The summed E-state index contributed by atoms with van der Waals surface area (Å²) in [5, 5.41) is 4.24. The van der Waals surface area contributed by atoms with Gasteiger partial charge in [0, 0.05) is 11.5 Å². The summed E-state index contributed by atoms with van der Waals surface area (Å²) in [5.74, 6) is 2.24. The first kappa shape index (κ1) is 16.4. The van der Waals surface area contributed by atoms with Crippen molar-refractivity contribution in [1.29, 1.82) is 0 Å². The summed E-state index contributed by atoms with van der Waals surface area (Å²) >= 11 is 3.72. The molecule has 114 valence electrons. The predicted molar refractivity (Wildman–Crippen MR) is 94.2 cm³/mol. The Hall–Kier alpha value is -0.940. The molecule has 1 amide bonds. The molecule has 0 spiro atoms. The van der Waals surface area contributed by atoms with E-state index in [9.17, 15) is 4.79 Å². The highest BCUT2D eigenvalue weighted by Crippen LogP contribution is 2.45. The second-order valence-corrected chi connectivity index (χ2v) is 8.99. The summed E-state index contributed by atoms with van der Waals surface area (Å²) in [7, 11) is 0. The minimum Gasteiger partial charge on any atom is -0.273 e. The Morgan fingerprint density at radius 1 is 1.29 bits per heavy atom. The third-order valence-electron chi connectivity index (χ3n) is 3.65. The number of amides is 1. The van der Waals surface area contributed by atoms with Crippen molar-refractivity contribution >= 4 is 35.1 Å². The first-order valence-electron chi connectivity index (χ1n) is 7.08. The molecule has 21 heavy (non-hydrogen) atoms. The number of carbonyl (C=O) groups excluding carboxylic acids is 1. The third-order valence-corrected chi connectivity index (χ3v) is 6.94. The van der Waals surface area contributed by atoms with Crippen molar-refractivity contribution < 1.29 is 4.79 Å². The number of hydrogen-bond acceptors (Lipinski definition) is 4. The second kappa shape index (κ2) is 6.88. The zero-order chi connectivity index (χ0) is 15.5. The van der Waals surface area contributed by atoms with E-state index in [0.29, 0.717) is 6.42 Å². The number of nitrogens with zero attached hydrogens (tertiary/aromatic N) is 1. The summed E-state index contributed by atoms with van der Waals surface area (Å²) in [6.07, 6.45) is 0.506. The molecule has 5 heteroatoms. The van der Waals surface area contributed by atoms with Gasteiger partial charge in [-0.15, -0.1) is 23.5 Å². The van der Waals surface area contributed by atoms with Gasteiger partial charge in [-0.1, -0.05) is 12.1 Å². The van der Waals surface area contributed by atoms with E-state index in [-0.39, 0.29) is 9.99 Å². The lowest BCUT2D eigenvalue weighted by Gasteiger charge is -2.19. The van der Waals surface area contributed by atoms with Crippen LogP contribution in [0.3, 0.4) is 0 Å². The van der Waals surface area contributed by atoms with Crippen molar-refractivity contribution in [2.24, 2.45) is 5.10 Å². The number of hydrogen-bond donors (Lipinski definition) is 1. The van der Waals surface area contributed by atoms with E-state index in [4.69, 9.17) is 0 Å². The number of benzene rings is 1. The van der Waals surface area contributed by atoms with Crippen molar-refractivity contribution in [2.75, 3.05) is 11.5 Å². The maximum Gasteiger partial charge on any atom is 0.242 e. The average molecular weight is 322 g/mol. The highest BCUT2D eigenvalue weighted by molar-refractivity contribution is 8.21. The number of hydrazone groups is 1. The first-order chi connectivity index (χ1) is 9.89. The zero-order valence-corrected chi connectivity index (χ0v) is 14.7. The fraction of sp³-hybridized carbons (Fsp3) is 0.500. The van der Waals surface area contributed by atoms with Gasteiger partial charge in [-0.3, -0.25) is 4.79 Å². The Bertz CT molecular complexity index is 563. The largest absolute Gasteiger partial charge is 0.273 e. The first-order valence-corrected chi connectivity index (χ1v) is 9.05. The van der Waals surface area contributed by atoms with Gasteiger partial charge < -0.3 is 0 Å². The molecule has 1 saturated heterocycles. The van der Waals surface area contributed by atoms with Crippen LogP contribution in [0.4, 0.5) is 0 Å². The van der Waals surface area contributed by atoms with Crippen LogP contribution in [0.1, 0.15) is 37.0 Å². The van der Waals surface area contributed by atoms with Crippen LogP contribution in [0.25, 0.3) is 0 Å². The van der Waals surface area contributed by atoms with Crippen molar-refractivity contribution in [3.05, 3.63) is 34.9 Å². The smallest absolute Gasteiger partial charge is 0.242 e. The van der Waals surface area contributed by atoms with E-state index in [1.165, 1.54) is 11.1 Å². The molecular formula is C16H22N2OS2. The molecule has 1 N–H and O–H groups in total. The van der Waals surface area contributed by atoms with E-state index < -0.39 is 0 Å². The molecule has 1 aliphatic heterocycles. The van der Waals surface area contributed by atoms with Gasteiger partial charge in [0.2, 0.25) is 5.91 Å². The van der Waals surface area contributed by atoms with E-state index >= 15 is 0 Å². The standard InChI is InChI=1S/C16H22N2OS2/c1-11-5-6-14(9-12(11)2)13(3)17-18-15(19)10-16(4)20-7-8-21-16/h5-6,9H,7-8,10H2,1-4H3,(H,18,19)/b17-13-. The van der Waals surface area contributed by atoms with Crippen LogP contribution in [0.2, 0.25) is 0 Å². The number of rotatable bonds is 4. The Balaban J connectivity index is 1.96. The molecule has 1 fully saturated rings. The fourth-order valence-electron chi connectivity index (χ4n) is 2.17. The molecule has 0 atom stereocenters. The maximum absolute atomic E-state index is 12.0. The third kappa shape index (κ3) is 4.51. The monoisotopic (exact) mass is 322 g/mol. The molecule has 1 heterocycles. The van der Waals surface area contributed by atoms with Gasteiger partial charge in [0.15, 0.2) is 0 Å². The van der Waals surface area contributed by atoms with Crippen LogP contribution in [-0.4, -0.2) is 27.2 Å². The van der Waals surface area contributed by atoms with Gasteiger partial charge in [-0.05, 0) is 50.5 Å². The quantitative estimate of drug-likeness (QED) is 0.678. The maximum atomic E-state index is 12.0. The lowest BCUT2D eigenvalue weighted by Crippen LogP contribution is -2.26. The van der Waals surface area contributed by atoms with Crippen LogP contribution in [0, 0.1) is 13.8 Å². The molecule has 3 nitrogen and oxygen atoms in total. The van der Waals surface area contributed by atoms with Gasteiger partial charge in [-0.25, -0.2) is 5.43 Å². The Kier molecular flexibility index (Phi) is 5.38. The molecule has 0 unspecified atom stereocenters. The van der Waals surface area contributed by atoms with E-state index in [2.05, 4.69) is 43.4 Å². The molecule has 1 aliphatic rings. The van der Waals surface area contributed by atoms with Crippen molar-refractivity contribution in [3.63, 3.8) is 0 Å². The van der Waals surface area contributed by atoms with Gasteiger partial charge in [0.05, 0.1) is 16.2 Å². The van der Waals surface area contributed by atoms with E-state index in [1.807, 2.05) is 36.5 Å². The van der Waals surface area contributed by atoms with E-state index in [0.717, 1.165) is 22.8 Å². The van der Waals surface area contributed by atoms with Gasteiger partial charge in [0.25, 0.3) is 0 Å². The topological polar surface area (TPSA) is 41.5 Å². The summed E-state index contributed by atoms with van der Waals surface area (Å²) in [5.41, 5.74) is 7.07. The lowest BCUT2D eigenvalue weighted by atomic mass is 10.0. The normalized spacial score (nSPS) is 17.8. The van der Waals surface area contributed by atoms with Crippen molar-refractivity contribution in [3.8, 4) is 0 Å². The summed E-state index contributed by atoms with van der Waals surface area (Å²) in [6, 6.07) is 6.22. The van der Waals surface area contributed by atoms with Crippen LogP contribution in [0.15, 0.2) is 23.3 Å². The van der Waals surface area contributed by atoms with Crippen molar-refractivity contribution in [1.82, 2.24) is 5.43 Å². The molecule has 2 rings (SSSR count). The number of carbonyl (C=O) groups is 1. The predicted octanol–water partition coefficient (Wildman–Crippen LogP) is 3.73. The number of nitrogens with one attached hydrogen (secondary N) is 1.